The fourth-order valence-electron chi connectivity index (χ4n) is 3.13. The van der Waals surface area contributed by atoms with Gasteiger partial charge in [0.2, 0.25) is 0 Å². The van der Waals surface area contributed by atoms with E-state index in [1.165, 1.54) is 0 Å². The van der Waals surface area contributed by atoms with Gasteiger partial charge in [-0.3, -0.25) is 9.36 Å². The molecule has 2 aromatic heterocycles. The predicted octanol–water partition coefficient (Wildman–Crippen LogP) is 2.36. The van der Waals surface area contributed by atoms with Crippen LogP contribution in [0, 0.1) is 19.3 Å². The number of aromatic nitrogens is 2. The lowest BCUT2D eigenvalue weighted by molar-refractivity contribution is 0.0776. The molecule has 3 heterocycles. The molecule has 0 spiro atoms. The first kappa shape index (κ1) is 15.2. The molecule has 22 heavy (non-hydrogen) atoms. The second-order valence-electron chi connectivity index (χ2n) is 6.43. The van der Waals surface area contributed by atoms with Gasteiger partial charge in [0, 0.05) is 36.1 Å². The summed E-state index contributed by atoms with van der Waals surface area (Å²) in [5.74, 6) is 0.105. The lowest BCUT2D eigenvalue weighted by atomic mass is 9.90. The zero-order chi connectivity index (χ0) is 15.9. The van der Waals surface area contributed by atoms with Crippen molar-refractivity contribution >= 4 is 17.2 Å². The Kier molecular flexibility index (Phi) is 3.82. The van der Waals surface area contributed by atoms with E-state index in [1.807, 2.05) is 30.2 Å². The maximum Gasteiger partial charge on any atom is 0.255 e. The summed E-state index contributed by atoms with van der Waals surface area (Å²) in [7, 11) is 0. The van der Waals surface area contributed by atoms with Crippen LogP contribution in [0.25, 0.3) is 5.13 Å². The van der Waals surface area contributed by atoms with Crippen LogP contribution in [-0.2, 0) is 0 Å². The number of rotatable bonds is 3. The number of carbonyl (C=O) groups excluding carboxylic acids is 1. The SMILES string of the molecule is Cc1cc(C(=O)N2CCC(C)(CN)C2)c(C)n1-c1nccs1. The van der Waals surface area contributed by atoms with Crippen LogP contribution in [0.2, 0.25) is 0 Å². The van der Waals surface area contributed by atoms with Crippen LogP contribution in [0.1, 0.15) is 35.1 Å². The van der Waals surface area contributed by atoms with Gasteiger partial charge in [-0.05, 0) is 38.3 Å². The third-order valence-electron chi connectivity index (χ3n) is 4.61. The highest BCUT2D eigenvalue weighted by Crippen LogP contribution is 2.31. The molecule has 1 fully saturated rings. The maximum absolute atomic E-state index is 12.9. The van der Waals surface area contributed by atoms with Gasteiger partial charge in [-0.1, -0.05) is 6.92 Å². The van der Waals surface area contributed by atoms with E-state index in [0.29, 0.717) is 6.54 Å². The number of hydrogen-bond acceptors (Lipinski definition) is 4. The van der Waals surface area contributed by atoms with Crippen LogP contribution in [0.15, 0.2) is 17.6 Å². The molecule has 6 heteroatoms. The molecule has 1 aliphatic heterocycles. The lowest BCUT2D eigenvalue weighted by Gasteiger charge is -2.22. The molecule has 2 aromatic rings. The number of aryl methyl sites for hydroxylation is 1. The summed E-state index contributed by atoms with van der Waals surface area (Å²) < 4.78 is 2.05. The topological polar surface area (TPSA) is 64.2 Å². The van der Waals surface area contributed by atoms with Gasteiger partial charge in [0.1, 0.15) is 0 Å². The molecule has 1 saturated heterocycles. The molecule has 2 N–H and O–H groups in total. The number of nitrogens with two attached hydrogens (primary N) is 1. The Morgan fingerprint density at radius 1 is 1.50 bits per heavy atom. The van der Waals surface area contributed by atoms with E-state index in [-0.39, 0.29) is 11.3 Å². The molecule has 0 saturated carbocycles. The summed E-state index contributed by atoms with van der Waals surface area (Å²) >= 11 is 1.58. The molecule has 1 amide bonds. The fourth-order valence-corrected chi connectivity index (χ4v) is 3.89. The lowest BCUT2D eigenvalue weighted by Crippen LogP contribution is -2.34. The van der Waals surface area contributed by atoms with Crippen molar-refractivity contribution in [1.29, 1.82) is 0 Å². The van der Waals surface area contributed by atoms with Gasteiger partial charge in [0.05, 0.1) is 5.56 Å². The molecule has 5 nitrogen and oxygen atoms in total. The van der Waals surface area contributed by atoms with Crippen molar-refractivity contribution in [3.05, 3.63) is 34.6 Å². The maximum atomic E-state index is 12.9. The Morgan fingerprint density at radius 3 is 2.86 bits per heavy atom. The van der Waals surface area contributed by atoms with Gasteiger partial charge in [-0.2, -0.15) is 0 Å². The number of thiazole rings is 1. The third kappa shape index (κ3) is 2.46. The molecule has 1 unspecified atom stereocenters. The van der Waals surface area contributed by atoms with Gasteiger partial charge < -0.3 is 10.6 Å². The van der Waals surface area contributed by atoms with Crippen molar-refractivity contribution in [2.45, 2.75) is 27.2 Å². The Labute approximate surface area is 134 Å². The highest BCUT2D eigenvalue weighted by Gasteiger charge is 2.36. The minimum atomic E-state index is 0.0521. The zero-order valence-corrected chi connectivity index (χ0v) is 14.1. The molecule has 0 radical (unpaired) electrons. The normalized spacial score (nSPS) is 21.5. The standard InChI is InChI=1S/C16H22N4OS/c1-11-8-13(12(2)20(11)15-18-5-7-22-15)14(21)19-6-4-16(3,9-17)10-19/h5,7-8H,4,6,9-10,17H2,1-3H3. The van der Waals surface area contributed by atoms with Gasteiger partial charge in [0.15, 0.2) is 5.13 Å². The molecule has 118 valence electrons. The number of amides is 1. The summed E-state index contributed by atoms with van der Waals surface area (Å²) in [4.78, 5) is 19.1. The average Bonchev–Trinajstić information content (AvgIpc) is 3.19. The third-order valence-corrected chi connectivity index (χ3v) is 5.37. The van der Waals surface area contributed by atoms with Gasteiger partial charge in [-0.25, -0.2) is 4.98 Å². The van der Waals surface area contributed by atoms with E-state index in [2.05, 4.69) is 16.5 Å². The first-order valence-corrected chi connectivity index (χ1v) is 8.41. The van der Waals surface area contributed by atoms with Crippen molar-refractivity contribution < 1.29 is 4.79 Å². The highest BCUT2D eigenvalue weighted by atomic mass is 32.1. The van der Waals surface area contributed by atoms with Crippen molar-refractivity contribution in [3.8, 4) is 5.13 Å². The van der Waals surface area contributed by atoms with Gasteiger partial charge in [0.25, 0.3) is 5.91 Å². The Bertz CT molecular complexity index is 691. The van der Waals surface area contributed by atoms with Crippen molar-refractivity contribution in [3.63, 3.8) is 0 Å². The highest BCUT2D eigenvalue weighted by molar-refractivity contribution is 7.12. The molecule has 0 aliphatic carbocycles. The monoisotopic (exact) mass is 318 g/mol. The molecular weight excluding hydrogens is 296 g/mol. The van der Waals surface area contributed by atoms with Gasteiger partial charge >= 0.3 is 0 Å². The predicted molar refractivity (Wildman–Crippen MR) is 88.6 cm³/mol. The van der Waals surface area contributed by atoms with E-state index >= 15 is 0 Å². The second kappa shape index (κ2) is 5.52. The first-order valence-electron chi connectivity index (χ1n) is 7.53. The molecule has 0 aromatic carbocycles. The van der Waals surface area contributed by atoms with E-state index < -0.39 is 0 Å². The van der Waals surface area contributed by atoms with Crippen LogP contribution in [-0.4, -0.2) is 40.0 Å². The quantitative estimate of drug-likeness (QED) is 0.945. The molecule has 1 aliphatic rings. The first-order chi connectivity index (χ1) is 10.4. The molecule has 0 bridgehead atoms. The van der Waals surface area contributed by atoms with E-state index in [9.17, 15) is 4.79 Å². The van der Waals surface area contributed by atoms with Crippen LogP contribution in [0.5, 0.6) is 0 Å². The van der Waals surface area contributed by atoms with Crippen molar-refractivity contribution in [2.75, 3.05) is 19.6 Å². The van der Waals surface area contributed by atoms with Crippen LogP contribution < -0.4 is 5.73 Å². The summed E-state index contributed by atoms with van der Waals surface area (Å²) in [5.41, 5.74) is 8.66. The molecular formula is C16H22N4OS. The van der Waals surface area contributed by atoms with Crippen molar-refractivity contribution in [2.24, 2.45) is 11.1 Å². The van der Waals surface area contributed by atoms with E-state index in [1.54, 1.807) is 17.5 Å². The van der Waals surface area contributed by atoms with E-state index in [4.69, 9.17) is 5.73 Å². The largest absolute Gasteiger partial charge is 0.338 e. The van der Waals surface area contributed by atoms with Crippen LogP contribution in [0.3, 0.4) is 0 Å². The summed E-state index contributed by atoms with van der Waals surface area (Å²) in [6.45, 7) is 8.30. The zero-order valence-electron chi connectivity index (χ0n) is 13.3. The number of nitrogens with zero attached hydrogens (tertiary/aromatic N) is 3. The summed E-state index contributed by atoms with van der Waals surface area (Å²) in [5, 5.41) is 2.85. The second-order valence-corrected chi connectivity index (χ2v) is 7.30. The van der Waals surface area contributed by atoms with Gasteiger partial charge in [-0.15, -0.1) is 11.3 Å². The number of carbonyl (C=O) groups is 1. The average molecular weight is 318 g/mol. The van der Waals surface area contributed by atoms with Crippen LogP contribution in [0.4, 0.5) is 0 Å². The Hall–Kier alpha value is -1.66. The Morgan fingerprint density at radius 2 is 2.27 bits per heavy atom. The van der Waals surface area contributed by atoms with Crippen LogP contribution >= 0.6 is 11.3 Å². The minimum absolute atomic E-state index is 0.0521. The van der Waals surface area contributed by atoms with E-state index in [0.717, 1.165) is 41.6 Å². The van der Waals surface area contributed by atoms with Crippen molar-refractivity contribution in [1.82, 2.24) is 14.5 Å². The Balaban J connectivity index is 1.90. The number of hydrogen-bond donors (Lipinski definition) is 1. The molecule has 3 rings (SSSR count). The minimum Gasteiger partial charge on any atom is -0.338 e. The number of likely N-dealkylation sites (tertiary alicyclic amines) is 1. The fraction of sp³-hybridized carbons (Fsp3) is 0.500. The smallest absolute Gasteiger partial charge is 0.255 e. The summed E-state index contributed by atoms with van der Waals surface area (Å²) in [6.07, 6.45) is 2.76. The molecule has 1 atom stereocenters. The summed E-state index contributed by atoms with van der Waals surface area (Å²) in [6, 6.07) is 1.97.